The fourth-order valence-corrected chi connectivity index (χ4v) is 3.21. The first kappa shape index (κ1) is 9.05. The van der Waals surface area contributed by atoms with Crippen molar-refractivity contribution in [2.24, 2.45) is 17.8 Å². The van der Waals surface area contributed by atoms with Gasteiger partial charge in [0.2, 0.25) is 0 Å². The van der Waals surface area contributed by atoms with Gasteiger partial charge in [0.05, 0.1) is 0 Å². The normalized spacial score (nSPS) is 40.2. The lowest BCUT2D eigenvalue weighted by Crippen LogP contribution is -2.31. The van der Waals surface area contributed by atoms with Crippen LogP contribution < -0.4 is 0 Å². The van der Waals surface area contributed by atoms with Gasteiger partial charge in [-0.25, -0.2) is 0 Å². The van der Waals surface area contributed by atoms with Crippen molar-refractivity contribution in [3.8, 4) is 0 Å². The molecule has 2 saturated carbocycles. The Morgan fingerprint density at radius 3 is 2.62 bits per heavy atom. The average Bonchev–Trinajstić information content (AvgIpc) is 2.15. The molecule has 0 heterocycles. The molecule has 2 rings (SSSR count). The predicted molar refractivity (Wildman–Crippen MR) is 57.5 cm³/mol. The molecule has 3 atom stereocenters. The summed E-state index contributed by atoms with van der Waals surface area (Å²) in [5.74, 6) is 2.56. The third-order valence-corrected chi connectivity index (χ3v) is 4.02. The maximum atomic E-state index is 4.21. The van der Waals surface area contributed by atoms with Crippen LogP contribution in [0.15, 0.2) is 24.3 Å². The van der Waals surface area contributed by atoms with E-state index >= 15 is 0 Å². The van der Waals surface area contributed by atoms with Crippen LogP contribution in [-0.2, 0) is 0 Å². The van der Waals surface area contributed by atoms with E-state index in [0.29, 0.717) is 0 Å². The second-order valence-electron chi connectivity index (χ2n) is 4.87. The molecule has 0 N–H and O–H groups in total. The fourth-order valence-electron chi connectivity index (χ4n) is 3.21. The lowest BCUT2D eigenvalue weighted by atomic mass is 9.63. The van der Waals surface area contributed by atoms with Crippen LogP contribution in [-0.4, -0.2) is 0 Å². The quantitative estimate of drug-likeness (QED) is 0.524. The zero-order chi connectivity index (χ0) is 9.42. The van der Waals surface area contributed by atoms with Gasteiger partial charge < -0.3 is 0 Å². The van der Waals surface area contributed by atoms with Crippen molar-refractivity contribution in [2.45, 2.75) is 39.0 Å². The summed E-state index contributed by atoms with van der Waals surface area (Å²) in [6.45, 7) is 10.7. The van der Waals surface area contributed by atoms with Crippen LogP contribution in [0, 0.1) is 17.8 Å². The summed E-state index contributed by atoms with van der Waals surface area (Å²) in [5.41, 5.74) is 2.71. The minimum absolute atomic E-state index is 0.782. The number of allylic oxidation sites excluding steroid dienone is 2. The Bertz CT molecular complexity index is 236. The van der Waals surface area contributed by atoms with E-state index in [1.165, 1.54) is 43.3 Å². The van der Waals surface area contributed by atoms with E-state index in [9.17, 15) is 0 Å². The minimum atomic E-state index is 0.782. The van der Waals surface area contributed by atoms with Crippen LogP contribution in [0.25, 0.3) is 0 Å². The molecular formula is C13H20. The molecular weight excluding hydrogens is 156 g/mol. The Morgan fingerprint density at radius 1 is 1.15 bits per heavy atom. The Morgan fingerprint density at radius 2 is 1.85 bits per heavy atom. The molecule has 0 bridgehead atoms. The summed E-state index contributed by atoms with van der Waals surface area (Å²) >= 11 is 0. The van der Waals surface area contributed by atoms with Gasteiger partial charge in [0.25, 0.3) is 0 Å². The molecule has 72 valence electrons. The van der Waals surface area contributed by atoms with Gasteiger partial charge in [-0.2, -0.15) is 0 Å². The van der Waals surface area contributed by atoms with Crippen LogP contribution in [0.3, 0.4) is 0 Å². The molecule has 2 aliphatic carbocycles. The molecule has 13 heavy (non-hydrogen) atoms. The highest BCUT2D eigenvalue weighted by Crippen LogP contribution is 2.47. The van der Waals surface area contributed by atoms with Crippen LogP contribution in [0.5, 0.6) is 0 Å². The van der Waals surface area contributed by atoms with Gasteiger partial charge >= 0.3 is 0 Å². The Labute approximate surface area is 81.7 Å². The molecule has 0 amide bonds. The summed E-state index contributed by atoms with van der Waals surface area (Å²) in [6, 6.07) is 0. The second-order valence-corrected chi connectivity index (χ2v) is 4.87. The third-order valence-electron chi connectivity index (χ3n) is 4.02. The SMILES string of the molecule is C=C1CC(C)C2CCCCC2C1=C. The van der Waals surface area contributed by atoms with E-state index in [0.717, 1.165) is 17.8 Å². The van der Waals surface area contributed by atoms with Crippen molar-refractivity contribution in [3.63, 3.8) is 0 Å². The highest BCUT2D eigenvalue weighted by atomic mass is 14.4. The van der Waals surface area contributed by atoms with Crippen molar-refractivity contribution in [1.82, 2.24) is 0 Å². The van der Waals surface area contributed by atoms with Gasteiger partial charge in [0.15, 0.2) is 0 Å². The van der Waals surface area contributed by atoms with Crippen molar-refractivity contribution < 1.29 is 0 Å². The van der Waals surface area contributed by atoms with Crippen LogP contribution in [0.2, 0.25) is 0 Å². The molecule has 0 saturated heterocycles. The van der Waals surface area contributed by atoms with Crippen LogP contribution in [0.4, 0.5) is 0 Å². The molecule has 0 heteroatoms. The molecule has 3 unspecified atom stereocenters. The van der Waals surface area contributed by atoms with Gasteiger partial charge in [0.1, 0.15) is 0 Å². The molecule has 0 aromatic heterocycles. The maximum Gasteiger partial charge on any atom is -0.0134 e. The smallest absolute Gasteiger partial charge is 0.0134 e. The highest BCUT2D eigenvalue weighted by Gasteiger charge is 2.35. The van der Waals surface area contributed by atoms with Crippen LogP contribution in [0.1, 0.15) is 39.0 Å². The molecule has 0 nitrogen and oxygen atoms in total. The standard InChI is InChI=1S/C13H20/c1-9-8-10(2)12-6-4-5-7-13(12)11(9)3/h10,12-13H,1,3-8H2,2H3. The number of hydrogen-bond donors (Lipinski definition) is 0. The lowest BCUT2D eigenvalue weighted by Gasteiger charge is -2.42. The van der Waals surface area contributed by atoms with Crippen LogP contribution >= 0.6 is 0 Å². The molecule has 2 aliphatic rings. The first-order valence-electron chi connectivity index (χ1n) is 5.57. The summed E-state index contributed by atoms with van der Waals surface area (Å²) in [6.07, 6.45) is 6.83. The van der Waals surface area contributed by atoms with E-state index in [1.54, 1.807) is 0 Å². The van der Waals surface area contributed by atoms with E-state index in [-0.39, 0.29) is 0 Å². The van der Waals surface area contributed by atoms with Gasteiger partial charge in [-0.15, -0.1) is 0 Å². The van der Waals surface area contributed by atoms with Crippen molar-refractivity contribution in [2.75, 3.05) is 0 Å². The molecule has 2 fully saturated rings. The second kappa shape index (κ2) is 3.32. The van der Waals surface area contributed by atoms with E-state index in [2.05, 4.69) is 20.1 Å². The molecule has 0 aromatic rings. The summed E-state index contributed by atoms with van der Waals surface area (Å²) in [7, 11) is 0. The maximum absolute atomic E-state index is 4.21. The van der Waals surface area contributed by atoms with E-state index in [1.807, 2.05) is 0 Å². The first-order valence-corrected chi connectivity index (χ1v) is 5.57. The number of rotatable bonds is 0. The zero-order valence-corrected chi connectivity index (χ0v) is 8.68. The van der Waals surface area contributed by atoms with Crippen molar-refractivity contribution >= 4 is 0 Å². The number of fused-ring (bicyclic) bond motifs is 1. The third kappa shape index (κ3) is 1.47. The summed E-state index contributed by atoms with van der Waals surface area (Å²) in [4.78, 5) is 0. The molecule has 0 radical (unpaired) electrons. The summed E-state index contributed by atoms with van der Waals surface area (Å²) in [5, 5.41) is 0. The molecule has 0 spiro atoms. The summed E-state index contributed by atoms with van der Waals surface area (Å²) < 4.78 is 0. The highest BCUT2D eigenvalue weighted by molar-refractivity contribution is 5.32. The average molecular weight is 176 g/mol. The van der Waals surface area contributed by atoms with E-state index in [4.69, 9.17) is 0 Å². The number of hydrogen-bond acceptors (Lipinski definition) is 0. The topological polar surface area (TPSA) is 0 Å². The Hall–Kier alpha value is -0.520. The Balaban J connectivity index is 2.19. The monoisotopic (exact) mass is 176 g/mol. The minimum Gasteiger partial charge on any atom is -0.0956 e. The van der Waals surface area contributed by atoms with Gasteiger partial charge in [-0.05, 0) is 42.6 Å². The van der Waals surface area contributed by atoms with Crippen molar-refractivity contribution in [3.05, 3.63) is 24.3 Å². The fraction of sp³-hybridized carbons (Fsp3) is 0.692. The van der Waals surface area contributed by atoms with Gasteiger partial charge in [0, 0.05) is 0 Å². The Kier molecular flexibility index (Phi) is 2.31. The zero-order valence-electron chi connectivity index (χ0n) is 8.68. The van der Waals surface area contributed by atoms with Gasteiger partial charge in [-0.3, -0.25) is 0 Å². The first-order chi connectivity index (χ1) is 6.20. The molecule has 0 aliphatic heterocycles. The lowest BCUT2D eigenvalue weighted by molar-refractivity contribution is 0.180. The van der Waals surface area contributed by atoms with Crippen molar-refractivity contribution in [1.29, 1.82) is 0 Å². The van der Waals surface area contributed by atoms with E-state index < -0.39 is 0 Å². The largest absolute Gasteiger partial charge is 0.0956 e. The predicted octanol–water partition coefficient (Wildman–Crippen LogP) is 3.95. The molecule has 0 aromatic carbocycles. The van der Waals surface area contributed by atoms with Gasteiger partial charge in [-0.1, -0.05) is 38.5 Å².